The number of piperidine rings is 1. The van der Waals surface area contributed by atoms with Crippen molar-refractivity contribution in [3.63, 3.8) is 0 Å². The maximum Gasteiger partial charge on any atom is 0.338 e. The minimum Gasteiger partial charge on any atom is -0.484 e. The molecule has 2 aromatic carbocycles. The van der Waals surface area contributed by atoms with E-state index in [-0.39, 0.29) is 36.9 Å². The Bertz CT molecular complexity index is 1490. The number of nitrogens with one attached hydrogen (secondary N) is 1. The molecule has 1 aromatic heterocycles. The van der Waals surface area contributed by atoms with Crippen molar-refractivity contribution in [3.05, 3.63) is 82.4 Å². The second kappa shape index (κ2) is 13.2. The number of esters is 2. The van der Waals surface area contributed by atoms with E-state index in [4.69, 9.17) is 14.2 Å². The van der Waals surface area contributed by atoms with Crippen LogP contribution in [0, 0.1) is 5.92 Å². The molecule has 0 radical (unpaired) electrons. The maximum absolute atomic E-state index is 13.0. The predicted octanol–water partition coefficient (Wildman–Crippen LogP) is 4.67. The fourth-order valence-electron chi connectivity index (χ4n) is 5.72. The second-order valence-electron chi connectivity index (χ2n) is 11.7. The Morgan fingerprint density at radius 1 is 1.05 bits per heavy atom. The van der Waals surface area contributed by atoms with Crippen molar-refractivity contribution in [3.8, 4) is 5.75 Å². The predicted molar refractivity (Wildman–Crippen MR) is 161 cm³/mol. The molecule has 2 aliphatic heterocycles. The summed E-state index contributed by atoms with van der Waals surface area (Å²) in [6, 6.07) is 16.4. The van der Waals surface area contributed by atoms with Crippen LogP contribution in [0.5, 0.6) is 5.75 Å². The number of cyclic esters (lactones) is 1. The van der Waals surface area contributed by atoms with Gasteiger partial charge in [-0.2, -0.15) is 4.37 Å². The van der Waals surface area contributed by atoms with Crippen molar-refractivity contribution in [1.29, 1.82) is 0 Å². The van der Waals surface area contributed by atoms with Gasteiger partial charge in [0.15, 0.2) is 0 Å². The molecule has 1 saturated carbocycles. The van der Waals surface area contributed by atoms with Gasteiger partial charge in [0, 0.05) is 11.9 Å². The summed E-state index contributed by atoms with van der Waals surface area (Å²) in [5, 5.41) is 4.77. The van der Waals surface area contributed by atoms with Gasteiger partial charge in [0.05, 0.1) is 30.5 Å². The molecular formula is C33H35N3O7S. The highest BCUT2D eigenvalue weighted by Gasteiger charge is 2.36. The number of aromatic nitrogens is 1. The summed E-state index contributed by atoms with van der Waals surface area (Å²) in [7, 11) is 0. The molecule has 3 fully saturated rings. The molecular weight excluding hydrogens is 582 g/mol. The molecule has 44 heavy (non-hydrogen) atoms. The molecule has 1 N–H and O–H groups in total. The van der Waals surface area contributed by atoms with E-state index < -0.39 is 24.1 Å². The molecule has 10 nitrogen and oxygen atoms in total. The molecule has 0 unspecified atom stereocenters. The molecule has 11 heteroatoms. The summed E-state index contributed by atoms with van der Waals surface area (Å²) in [6.07, 6.45) is 2.96. The van der Waals surface area contributed by atoms with E-state index in [0.717, 1.165) is 5.56 Å². The Hall–Kier alpha value is -4.25. The third kappa shape index (κ3) is 7.10. The smallest absolute Gasteiger partial charge is 0.338 e. The van der Waals surface area contributed by atoms with Crippen molar-refractivity contribution in [2.45, 2.75) is 63.2 Å². The molecule has 0 bridgehead atoms. The zero-order valence-electron chi connectivity index (χ0n) is 24.5. The minimum atomic E-state index is -0.491. The van der Waals surface area contributed by atoms with Crippen LogP contribution in [0.2, 0.25) is 0 Å². The van der Waals surface area contributed by atoms with E-state index in [2.05, 4.69) is 21.8 Å². The van der Waals surface area contributed by atoms with Gasteiger partial charge in [-0.05, 0) is 91.5 Å². The number of ether oxygens (including phenoxy) is 3. The fourth-order valence-corrected chi connectivity index (χ4v) is 6.23. The molecule has 2 amide bonds. The number of benzene rings is 2. The molecule has 6 rings (SSSR count). The van der Waals surface area contributed by atoms with Gasteiger partial charge >= 0.3 is 11.9 Å². The molecule has 0 spiro atoms. The lowest BCUT2D eigenvalue weighted by Gasteiger charge is -2.33. The van der Waals surface area contributed by atoms with Gasteiger partial charge in [0.1, 0.15) is 30.3 Å². The van der Waals surface area contributed by atoms with Crippen LogP contribution in [0.25, 0.3) is 0 Å². The van der Waals surface area contributed by atoms with Crippen LogP contribution in [0.1, 0.15) is 83.0 Å². The van der Waals surface area contributed by atoms with Gasteiger partial charge < -0.3 is 24.4 Å². The van der Waals surface area contributed by atoms with Crippen LogP contribution in [0.3, 0.4) is 0 Å². The third-order valence-corrected chi connectivity index (χ3v) is 8.88. The second-order valence-corrected chi connectivity index (χ2v) is 12.4. The topological polar surface area (TPSA) is 124 Å². The SMILES string of the molecule is C[C@H](NC(=O)c1ccsn1)[C@H](Oc1ccc(C(=O)O[C@H]2CCCN(C(=O)[C@H]3COC(=O)C3)C2)cc1)c1ccc(C2CC2)cc1. The highest BCUT2D eigenvalue weighted by atomic mass is 32.1. The van der Waals surface area contributed by atoms with Crippen LogP contribution in [-0.4, -0.2) is 64.9 Å². The van der Waals surface area contributed by atoms with Gasteiger partial charge in [0.25, 0.3) is 5.91 Å². The minimum absolute atomic E-state index is 0.0950. The van der Waals surface area contributed by atoms with Crippen molar-refractivity contribution >= 4 is 35.3 Å². The highest BCUT2D eigenvalue weighted by Crippen LogP contribution is 2.40. The average Bonchev–Trinajstić information content (AvgIpc) is 3.55. The number of carbonyl (C=O) groups is 4. The Labute approximate surface area is 259 Å². The highest BCUT2D eigenvalue weighted by molar-refractivity contribution is 7.03. The summed E-state index contributed by atoms with van der Waals surface area (Å²) in [5.41, 5.74) is 2.96. The molecule has 1 aliphatic carbocycles. The molecule has 4 atom stereocenters. The lowest BCUT2D eigenvalue weighted by Crippen LogP contribution is -2.46. The Balaban J connectivity index is 1.09. The summed E-state index contributed by atoms with van der Waals surface area (Å²) in [5.74, 6) is -0.542. The molecule has 3 aromatic rings. The van der Waals surface area contributed by atoms with E-state index in [1.54, 1.807) is 40.6 Å². The van der Waals surface area contributed by atoms with Crippen LogP contribution in [0.15, 0.2) is 60.0 Å². The first kappa shape index (κ1) is 29.8. The van der Waals surface area contributed by atoms with E-state index in [9.17, 15) is 19.2 Å². The Kier molecular flexibility index (Phi) is 8.92. The van der Waals surface area contributed by atoms with Gasteiger partial charge in [-0.3, -0.25) is 14.4 Å². The number of hydrogen-bond donors (Lipinski definition) is 1. The quantitative estimate of drug-likeness (QED) is 0.326. The van der Waals surface area contributed by atoms with E-state index in [1.807, 2.05) is 19.1 Å². The Morgan fingerprint density at radius 2 is 1.82 bits per heavy atom. The van der Waals surface area contributed by atoms with Crippen LogP contribution in [0.4, 0.5) is 0 Å². The van der Waals surface area contributed by atoms with E-state index in [1.165, 1.54) is 29.9 Å². The van der Waals surface area contributed by atoms with Crippen molar-refractivity contribution in [2.75, 3.05) is 19.7 Å². The van der Waals surface area contributed by atoms with Gasteiger partial charge in [-0.15, -0.1) is 0 Å². The van der Waals surface area contributed by atoms with Crippen LogP contribution >= 0.6 is 11.5 Å². The number of carbonyl (C=O) groups excluding carboxylic acids is 4. The number of amides is 2. The number of likely N-dealkylation sites (tertiary alicyclic amines) is 1. The zero-order chi connectivity index (χ0) is 30.6. The number of nitrogens with zero attached hydrogens (tertiary/aromatic N) is 2. The molecule has 3 aliphatic rings. The summed E-state index contributed by atoms with van der Waals surface area (Å²) >= 11 is 1.22. The van der Waals surface area contributed by atoms with E-state index >= 15 is 0 Å². The van der Waals surface area contributed by atoms with Gasteiger partial charge in [-0.1, -0.05) is 24.3 Å². The third-order valence-electron chi connectivity index (χ3n) is 8.32. The molecule has 3 heterocycles. The average molecular weight is 618 g/mol. The first-order valence-corrected chi connectivity index (χ1v) is 15.9. The summed E-state index contributed by atoms with van der Waals surface area (Å²) in [4.78, 5) is 51.7. The molecule has 230 valence electrons. The first-order valence-electron chi connectivity index (χ1n) is 15.1. The standard InChI is InChI=1S/C33H35N3O7S/c1-20(34-31(38)28-14-16-44-35-28)30(23-8-6-22(7-9-23)21-4-5-21)42-26-12-10-24(11-13-26)33(40)43-27-3-2-15-36(18-27)32(39)25-17-29(37)41-19-25/h6-14,16,20-21,25,27,30H,2-5,15,17-19H2,1H3,(H,34,38)/t20-,25+,27-,30-/m0/s1. The van der Waals surface area contributed by atoms with Gasteiger partial charge in [0.2, 0.25) is 5.91 Å². The largest absolute Gasteiger partial charge is 0.484 e. The van der Waals surface area contributed by atoms with Crippen molar-refractivity contribution in [1.82, 2.24) is 14.6 Å². The number of rotatable bonds is 10. The fraction of sp³-hybridized carbons (Fsp3) is 0.424. The van der Waals surface area contributed by atoms with Gasteiger partial charge in [-0.25, -0.2) is 4.79 Å². The zero-order valence-corrected chi connectivity index (χ0v) is 25.3. The van der Waals surface area contributed by atoms with Crippen molar-refractivity contribution in [2.24, 2.45) is 5.92 Å². The van der Waals surface area contributed by atoms with Crippen LogP contribution in [-0.2, 0) is 19.1 Å². The number of hydrogen-bond acceptors (Lipinski definition) is 9. The lowest BCUT2D eigenvalue weighted by atomic mass is 10.00. The molecule has 2 saturated heterocycles. The van der Waals surface area contributed by atoms with Crippen LogP contribution < -0.4 is 10.1 Å². The Morgan fingerprint density at radius 3 is 2.48 bits per heavy atom. The summed E-state index contributed by atoms with van der Waals surface area (Å²) < 4.78 is 21.3. The van der Waals surface area contributed by atoms with Crippen molar-refractivity contribution < 1.29 is 33.4 Å². The lowest BCUT2D eigenvalue weighted by molar-refractivity contribution is -0.139. The van der Waals surface area contributed by atoms with E-state index in [0.29, 0.717) is 48.9 Å². The first-order chi connectivity index (χ1) is 21.3. The summed E-state index contributed by atoms with van der Waals surface area (Å²) in [6.45, 7) is 2.86. The maximum atomic E-state index is 13.0. The monoisotopic (exact) mass is 617 g/mol. The normalized spacial score (nSPS) is 21.2.